The molecule has 7 nitrogen and oxygen atoms in total. The van der Waals surface area contributed by atoms with Crippen LogP contribution in [0.2, 0.25) is 0 Å². The van der Waals surface area contributed by atoms with E-state index in [2.05, 4.69) is 15.6 Å². The van der Waals surface area contributed by atoms with E-state index in [4.69, 9.17) is 21.4 Å². The number of carbonyl (C=O) groups is 1. The maximum absolute atomic E-state index is 12.5. The molecule has 3 aromatic carbocycles. The molecule has 0 unspecified atom stereocenters. The van der Waals surface area contributed by atoms with Gasteiger partial charge in [0.2, 0.25) is 5.89 Å². The van der Waals surface area contributed by atoms with Gasteiger partial charge in [0.25, 0.3) is 5.91 Å². The van der Waals surface area contributed by atoms with E-state index in [0.29, 0.717) is 45.1 Å². The van der Waals surface area contributed by atoms with Crippen LogP contribution in [0.15, 0.2) is 65.1 Å². The summed E-state index contributed by atoms with van der Waals surface area (Å²) in [6, 6.07) is 17.6. The Morgan fingerprint density at radius 3 is 2.55 bits per heavy atom. The smallest absolute Gasteiger partial charge is 0.257 e. The Bertz CT molecular complexity index is 1300. The molecule has 0 bridgehead atoms. The molecule has 0 saturated heterocycles. The minimum absolute atomic E-state index is 0.0508. The number of phenols is 1. The van der Waals surface area contributed by atoms with E-state index in [-0.39, 0.29) is 22.9 Å². The standard InChI is InChI=1S/C25H23N3O4S/c1-14(2)31-18-10-8-16(9-11-18)23(30)28-25(33)26-17-12-15(3)22(29)19(13-17)24-27-20-6-4-5-7-21(20)32-24/h4-14,29H,1-3H3,(H2,26,28,30,33). The van der Waals surface area contributed by atoms with E-state index in [0.717, 1.165) is 0 Å². The van der Waals surface area contributed by atoms with Gasteiger partial charge in [-0.3, -0.25) is 10.1 Å². The molecule has 4 rings (SSSR count). The number of oxazole rings is 1. The van der Waals surface area contributed by atoms with E-state index in [1.165, 1.54) is 0 Å². The minimum Gasteiger partial charge on any atom is -0.507 e. The van der Waals surface area contributed by atoms with Gasteiger partial charge in [-0.2, -0.15) is 0 Å². The Kier molecular flexibility index (Phi) is 6.28. The summed E-state index contributed by atoms with van der Waals surface area (Å²) < 4.78 is 11.4. The van der Waals surface area contributed by atoms with Crippen LogP contribution in [0, 0.1) is 6.92 Å². The molecule has 0 atom stereocenters. The van der Waals surface area contributed by atoms with Crippen LogP contribution in [0.4, 0.5) is 5.69 Å². The van der Waals surface area contributed by atoms with Crippen LogP contribution in [0.5, 0.6) is 11.5 Å². The molecular formula is C25H23N3O4S. The second-order valence-corrected chi connectivity index (χ2v) is 8.18. The van der Waals surface area contributed by atoms with Crippen LogP contribution in [0.1, 0.15) is 29.8 Å². The molecule has 33 heavy (non-hydrogen) atoms. The van der Waals surface area contributed by atoms with Crippen LogP contribution in [0.3, 0.4) is 0 Å². The van der Waals surface area contributed by atoms with Crippen molar-refractivity contribution < 1.29 is 19.1 Å². The second kappa shape index (κ2) is 9.30. The predicted octanol–water partition coefficient (Wildman–Crippen LogP) is 5.42. The Balaban J connectivity index is 1.49. The van der Waals surface area contributed by atoms with Gasteiger partial charge in [0.05, 0.1) is 11.7 Å². The van der Waals surface area contributed by atoms with Gasteiger partial charge in [-0.1, -0.05) is 12.1 Å². The molecule has 0 aliphatic carbocycles. The van der Waals surface area contributed by atoms with E-state index >= 15 is 0 Å². The van der Waals surface area contributed by atoms with Crippen molar-refractivity contribution in [2.45, 2.75) is 26.9 Å². The first-order chi connectivity index (χ1) is 15.8. The molecule has 0 radical (unpaired) electrons. The number of fused-ring (bicyclic) bond motifs is 1. The van der Waals surface area contributed by atoms with Gasteiger partial charge in [-0.25, -0.2) is 4.98 Å². The average Bonchev–Trinajstić information content (AvgIpc) is 3.20. The van der Waals surface area contributed by atoms with Crippen LogP contribution >= 0.6 is 12.2 Å². The van der Waals surface area contributed by atoms with Crippen molar-refractivity contribution in [2.24, 2.45) is 0 Å². The van der Waals surface area contributed by atoms with E-state index in [1.54, 1.807) is 43.3 Å². The number of aryl methyl sites for hydroxylation is 1. The number of rotatable bonds is 5. The van der Waals surface area contributed by atoms with Gasteiger partial charge in [0, 0.05) is 11.3 Å². The number of anilines is 1. The topological polar surface area (TPSA) is 96.6 Å². The normalized spacial score (nSPS) is 10.9. The molecule has 168 valence electrons. The third-order valence-corrected chi connectivity index (χ3v) is 5.00. The first kappa shape index (κ1) is 22.3. The fraction of sp³-hybridized carbons (Fsp3) is 0.160. The van der Waals surface area contributed by atoms with Crippen LogP contribution < -0.4 is 15.4 Å². The molecule has 1 amide bonds. The Morgan fingerprint density at radius 2 is 1.85 bits per heavy atom. The summed E-state index contributed by atoms with van der Waals surface area (Å²) in [5.74, 6) is 0.691. The second-order valence-electron chi connectivity index (χ2n) is 7.78. The molecule has 1 heterocycles. The fourth-order valence-corrected chi connectivity index (χ4v) is 3.51. The first-order valence-electron chi connectivity index (χ1n) is 10.4. The van der Waals surface area contributed by atoms with Crippen molar-refractivity contribution in [1.82, 2.24) is 10.3 Å². The summed E-state index contributed by atoms with van der Waals surface area (Å²) in [6.07, 6.45) is 0.0508. The van der Waals surface area contributed by atoms with Crippen molar-refractivity contribution in [3.05, 3.63) is 71.8 Å². The van der Waals surface area contributed by atoms with Crippen LogP contribution in [0.25, 0.3) is 22.6 Å². The number of carbonyl (C=O) groups excluding carboxylic acids is 1. The van der Waals surface area contributed by atoms with Crippen molar-refractivity contribution in [3.8, 4) is 23.0 Å². The molecule has 0 fully saturated rings. The summed E-state index contributed by atoms with van der Waals surface area (Å²) in [6.45, 7) is 5.63. The highest BCUT2D eigenvalue weighted by atomic mass is 32.1. The van der Waals surface area contributed by atoms with Gasteiger partial charge >= 0.3 is 0 Å². The number of para-hydroxylation sites is 2. The molecule has 0 aliphatic rings. The Morgan fingerprint density at radius 1 is 1.12 bits per heavy atom. The number of nitrogens with zero attached hydrogens (tertiary/aromatic N) is 1. The minimum atomic E-state index is -0.349. The monoisotopic (exact) mass is 461 g/mol. The third kappa shape index (κ3) is 5.12. The van der Waals surface area contributed by atoms with E-state index in [9.17, 15) is 9.90 Å². The Hall–Kier alpha value is -3.91. The average molecular weight is 462 g/mol. The zero-order valence-corrected chi connectivity index (χ0v) is 19.2. The zero-order chi connectivity index (χ0) is 23.5. The highest BCUT2D eigenvalue weighted by Gasteiger charge is 2.16. The molecule has 0 saturated carbocycles. The Labute approximate surface area is 196 Å². The highest BCUT2D eigenvalue weighted by molar-refractivity contribution is 7.80. The lowest BCUT2D eigenvalue weighted by molar-refractivity contribution is 0.0977. The number of phenolic OH excluding ortho intramolecular Hbond substituents is 1. The van der Waals surface area contributed by atoms with Crippen molar-refractivity contribution in [1.29, 1.82) is 0 Å². The summed E-state index contributed by atoms with van der Waals surface area (Å²) in [5.41, 5.74) is 3.36. The molecule has 0 spiro atoms. The van der Waals surface area contributed by atoms with Crippen LogP contribution in [-0.2, 0) is 0 Å². The van der Waals surface area contributed by atoms with Crippen LogP contribution in [-0.4, -0.2) is 27.2 Å². The molecule has 1 aromatic heterocycles. The summed E-state index contributed by atoms with van der Waals surface area (Å²) in [5, 5.41) is 16.3. The van der Waals surface area contributed by atoms with Crippen molar-refractivity contribution in [3.63, 3.8) is 0 Å². The predicted molar refractivity (Wildman–Crippen MR) is 132 cm³/mol. The van der Waals surface area contributed by atoms with Crippen molar-refractivity contribution >= 4 is 40.0 Å². The summed E-state index contributed by atoms with van der Waals surface area (Å²) in [7, 11) is 0. The van der Waals surface area contributed by atoms with Gasteiger partial charge in [-0.05, 0) is 87.1 Å². The number of aromatic hydroxyl groups is 1. The highest BCUT2D eigenvalue weighted by Crippen LogP contribution is 2.36. The number of nitrogens with one attached hydrogen (secondary N) is 2. The molecule has 8 heteroatoms. The van der Waals surface area contributed by atoms with Gasteiger partial charge in [0.1, 0.15) is 17.0 Å². The van der Waals surface area contributed by atoms with Crippen molar-refractivity contribution in [2.75, 3.05) is 5.32 Å². The number of amides is 1. The largest absolute Gasteiger partial charge is 0.507 e. The number of aromatic nitrogens is 1. The number of ether oxygens (including phenoxy) is 1. The zero-order valence-electron chi connectivity index (χ0n) is 18.4. The van der Waals surface area contributed by atoms with E-state index in [1.807, 2.05) is 38.1 Å². The van der Waals surface area contributed by atoms with Gasteiger partial charge in [0.15, 0.2) is 10.7 Å². The fourth-order valence-electron chi connectivity index (χ4n) is 3.30. The lowest BCUT2D eigenvalue weighted by Gasteiger charge is -2.13. The maximum atomic E-state index is 12.5. The molecule has 0 aliphatic heterocycles. The van der Waals surface area contributed by atoms with Gasteiger partial charge in [-0.15, -0.1) is 0 Å². The number of hydrogen-bond donors (Lipinski definition) is 3. The summed E-state index contributed by atoms with van der Waals surface area (Å²) >= 11 is 5.31. The lowest BCUT2D eigenvalue weighted by Crippen LogP contribution is -2.34. The number of benzene rings is 3. The van der Waals surface area contributed by atoms with E-state index < -0.39 is 0 Å². The first-order valence-corrected chi connectivity index (χ1v) is 10.8. The number of thiocarbonyl (C=S) groups is 1. The number of hydrogen-bond acceptors (Lipinski definition) is 6. The summed E-state index contributed by atoms with van der Waals surface area (Å²) in [4.78, 5) is 17.0. The molecular weight excluding hydrogens is 438 g/mol. The molecule has 3 N–H and O–H groups in total. The lowest BCUT2D eigenvalue weighted by atomic mass is 10.1. The molecule has 4 aromatic rings. The maximum Gasteiger partial charge on any atom is 0.257 e. The third-order valence-electron chi connectivity index (χ3n) is 4.80. The SMILES string of the molecule is Cc1cc(NC(=S)NC(=O)c2ccc(OC(C)C)cc2)cc(-c2nc3ccccc3o2)c1O. The quantitative estimate of drug-likeness (QED) is 0.270. The van der Waals surface area contributed by atoms with Gasteiger partial charge < -0.3 is 19.6 Å².